The van der Waals surface area contributed by atoms with Crippen LogP contribution in [0, 0.1) is 0 Å². The number of carbonyl (C=O) groups is 2. The van der Waals surface area contributed by atoms with Crippen LogP contribution < -0.4 is 5.32 Å². The van der Waals surface area contributed by atoms with E-state index in [4.69, 9.17) is 0 Å². The molecule has 0 aromatic carbocycles. The molecule has 0 aromatic rings. The molecule has 0 atom stereocenters. The highest BCUT2D eigenvalue weighted by Gasteiger charge is 2.10. The number of amides is 1. The SMILES string of the molecule is CC(=O)CCC(=O)NC1=NCCS1. The van der Waals surface area contributed by atoms with Gasteiger partial charge in [0.15, 0.2) is 5.17 Å². The minimum Gasteiger partial charge on any atom is -0.305 e. The number of rotatable bonds is 3. The molecular weight excluding hydrogens is 188 g/mol. The lowest BCUT2D eigenvalue weighted by molar-refractivity contribution is -0.123. The van der Waals surface area contributed by atoms with Gasteiger partial charge in [-0.15, -0.1) is 0 Å². The number of hydrogen-bond donors (Lipinski definition) is 1. The van der Waals surface area contributed by atoms with Crippen LogP contribution in [0.4, 0.5) is 0 Å². The summed E-state index contributed by atoms with van der Waals surface area (Å²) in [5, 5.41) is 3.34. The Morgan fingerprint density at radius 1 is 1.54 bits per heavy atom. The molecule has 1 rings (SSSR count). The second kappa shape index (κ2) is 5.01. The summed E-state index contributed by atoms with van der Waals surface area (Å²) in [5.74, 6) is 0.849. The van der Waals surface area contributed by atoms with Gasteiger partial charge in [-0.3, -0.25) is 9.79 Å². The van der Waals surface area contributed by atoms with Crippen LogP contribution >= 0.6 is 11.8 Å². The molecular formula is C8H12N2O2S. The third-order valence-electron chi connectivity index (χ3n) is 1.54. The zero-order chi connectivity index (χ0) is 9.68. The highest BCUT2D eigenvalue weighted by Crippen LogP contribution is 2.08. The summed E-state index contributed by atoms with van der Waals surface area (Å²) >= 11 is 1.54. The number of nitrogens with one attached hydrogen (secondary N) is 1. The predicted molar refractivity (Wildman–Crippen MR) is 52.8 cm³/mol. The predicted octanol–water partition coefficient (Wildman–Crippen LogP) is 0.575. The van der Waals surface area contributed by atoms with Gasteiger partial charge in [0.1, 0.15) is 5.78 Å². The van der Waals surface area contributed by atoms with Crippen LogP contribution in [-0.2, 0) is 9.59 Å². The molecule has 72 valence electrons. The molecule has 0 spiro atoms. The summed E-state index contributed by atoms with van der Waals surface area (Å²) in [6, 6.07) is 0. The Kier molecular flexibility index (Phi) is 3.95. The maximum atomic E-state index is 11.1. The lowest BCUT2D eigenvalue weighted by Gasteiger charge is -2.01. The largest absolute Gasteiger partial charge is 0.305 e. The molecule has 1 heterocycles. The van der Waals surface area contributed by atoms with Crippen LogP contribution in [0.1, 0.15) is 19.8 Å². The number of nitrogens with zero attached hydrogens (tertiary/aromatic N) is 1. The maximum absolute atomic E-state index is 11.1. The zero-order valence-electron chi connectivity index (χ0n) is 7.50. The van der Waals surface area contributed by atoms with Crippen molar-refractivity contribution in [3.05, 3.63) is 0 Å². The van der Waals surface area contributed by atoms with E-state index in [2.05, 4.69) is 10.3 Å². The lowest BCUT2D eigenvalue weighted by Crippen LogP contribution is -2.27. The van der Waals surface area contributed by atoms with E-state index in [1.807, 2.05) is 0 Å². The molecule has 0 saturated carbocycles. The van der Waals surface area contributed by atoms with Crippen LogP contribution in [0.25, 0.3) is 0 Å². The summed E-state index contributed by atoms with van der Waals surface area (Å²) in [6.07, 6.45) is 0.568. The number of ketones is 1. The van der Waals surface area contributed by atoms with Gasteiger partial charge in [-0.25, -0.2) is 0 Å². The fourth-order valence-electron chi connectivity index (χ4n) is 0.882. The Morgan fingerprint density at radius 3 is 2.85 bits per heavy atom. The molecule has 0 bridgehead atoms. The molecule has 0 unspecified atom stereocenters. The minimum atomic E-state index is -0.122. The Labute approximate surface area is 81.2 Å². The quantitative estimate of drug-likeness (QED) is 0.724. The van der Waals surface area contributed by atoms with Gasteiger partial charge in [-0.2, -0.15) is 0 Å². The average molecular weight is 200 g/mol. The van der Waals surface area contributed by atoms with Gasteiger partial charge in [0.2, 0.25) is 5.91 Å². The van der Waals surface area contributed by atoms with Gasteiger partial charge in [0, 0.05) is 18.6 Å². The van der Waals surface area contributed by atoms with Gasteiger partial charge >= 0.3 is 0 Å². The molecule has 13 heavy (non-hydrogen) atoms. The first kappa shape index (κ1) is 10.2. The second-order valence-electron chi connectivity index (χ2n) is 2.79. The Bertz CT molecular complexity index is 251. The van der Waals surface area contributed by atoms with E-state index in [-0.39, 0.29) is 18.1 Å². The fraction of sp³-hybridized carbons (Fsp3) is 0.625. The monoisotopic (exact) mass is 200 g/mol. The number of amidine groups is 1. The molecule has 5 heteroatoms. The Hall–Kier alpha value is -0.840. The molecule has 0 aromatic heterocycles. The van der Waals surface area contributed by atoms with Crippen molar-refractivity contribution >= 4 is 28.6 Å². The van der Waals surface area contributed by atoms with Crippen molar-refractivity contribution in [3.63, 3.8) is 0 Å². The van der Waals surface area contributed by atoms with Crippen molar-refractivity contribution in [1.82, 2.24) is 5.32 Å². The number of hydrogen-bond acceptors (Lipinski definition) is 4. The highest BCUT2D eigenvalue weighted by molar-refractivity contribution is 8.14. The van der Waals surface area contributed by atoms with E-state index in [1.165, 1.54) is 18.7 Å². The van der Waals surface area contributed by atoms with E-state index in [0.29, 0.717) is 11.6 Å². The maximum Gasteiger partial charge on any atom is 0.226 e. The first-order valence-corrected chi connectivity index (χ1v) is 5.13. The van der Waals surface area contributed by atoms with Crippen LogP contribution in [-0.4, -0.2) is 29.2 Å². The van der Waals surface area contributed by atoms with Gasteiger partial charge in [-0.05, 0) is 6.92 Å². The average Bonchev–Trinajstić information content (AvgIpc) is 2.53. The summed E-state index contributed by atoms with van der Waals surface area (Å²) in [5.41, 5.74) is 0. The number of carbonyl (C=O) groups excluding carboxylic acids is 2. The molecule has 0 saturated heterocycles. The van der Waals surface area contributed by atoms with Crippen molar-refractivity contribution < 1.29 is 9.59 Å². The molecule has 0 fully saturated rings. The summed E-state index contributed by atoms with van der Waals surface area (Å²) in [6.45, 7) is 2.25. The number of thioether (sulfide) groups is 1. The standard InChI is InChI=1S/C8H12N2O2S/c1-6(11)2-3-7(12)10-8-9-4-5-13-8/h2-5H2,1H3,(H,9,10,12). The van der Waals surface area contributed by atoms with E-state index in [9.17, 15) is 9.59 Å². The Morgan fingerprint density at radius 2 is 2.31 bits per heavy atom. The number of aliphatic imine (C=N–C) groups is 1. The summed E-state index contributed by atoms with van der Waals surface area (Å²) in [7, 11) is 0. The number of Topliss-reactive ketones (excluding diaryl/α,β-unsaturated/α-hetero) is 1. The van der Waals surface area contributed by atoms with Gasteiger partial charge in [0.25, 0.3) is 0 Å². The van der Waals surface area contributed by atoms with Crippen molar-refractivity contribution in [2.45, 2.75) is 19.8 Å². The zero-order valence-corrected chi connectivity index (χ0v) is 8.32. The van der Waals surface area contributed by atoms with Crippen molar-refractivity contribution in [2.75, 3.05) is 12.3 Å². The molecule has 4 nitrogen and oxygen atoms in total. The van der Waals surface area contributed by atoms with Crippen LogP contribution in [0.5, 0.6) is 0 Å². The molecule has 1 N–H and O–H groups in total. The van der Waals surface area contributed by atoms with Crippen molar-refractivity contribution in [1.29, 1.82) is 0 Å². The smallest absolute Gasteiger partial charge is 0.226 e. The normalized spacial score (nSPS) is 15.3. The summed E-state index contributed by atoms with van der Waals surface area (Å²) in [4.78, 5) is 25.8. The first-order valence-electron chi connectivity index (χ1n) is 4.15. The Balaban J connectivity index is 2.21. The highest BCUT2D eigenvalue weighted by atomic mass is 32.2. The molecule has 1 aliphatic rings. The second-order valence-corrected chi connectivity index (χ2v) is 3.87. The van der Waals surface area contributed by atoms with E-state index >= 15 is 0 Å². The first-order chi connectivity index (χ1) is 6.18. The minimum absolute atomic E-state index is 0.0381. The molecule has 1 aliphatic heterocycles. The topological polar surface area (TPSA) is 58.5 Å². The molecule has 0 aliphatic carbocycles. The van der Waals surface area contributed by atoms with Crippen LogP contribution in [0.3, 0.4) is 0 Å². The fourth-order valence-corrected chi connectivity index (χ4v) is 1.63. The van der Waals surface area contributed by atoms with Crippen molar-refractivity contribution in [2.24, 2.45) is 4.99 Å². The van der Waals surface area contributed by atoms with Gasteiger partial charge < -0.3 is 10.1 Å². The van der Waals surface area contributed by atoms with Gasteiger partial charge in [-0.1, -0.05) is 11.8 Å². The van der Waals surface area contributed by atoms with Crippen molar-refractivity contribution in [3.8, 4) is 0 Å². The van der Waals surface area contributed by atoms with E-state index in [0.717, 1.165) is 12.3 Å². The van der Waals surface area contributed by atoms with E-state index in [1.54, 1.807) is 0 Å². The third kappa shape index (κ3) is 4.07. The molecule has 0 radical (unpaired) electrons. The van der Waals surface area contributed by atoms with E-state index < -0.39 is 0 Å². The molecule has 1 amide bonds. The van der Waals surface area contributed by atoms with Crippen LogP contribution in [0.2, 0.25) is 0 Å². The van der Waals surface area contributed by atoms with Gasteiger partial charge in [0.05, 0.1) is 6.54 Å². The lowest BCUT2D eigenvalue weighted by atomic mass is 10.2. The summed E-state index contributed by atoms with van der Waals surface area (Å²) < 4.78 is 0. The van der Waals surface area contributed by atoms with Crippen LogP contribution in [0.15, 0.2) is 4.99 Å². The third-order valence-corrected chi connectivity index (χ3v) is 2.43.